The number of para-hydroxylation sites is 1. The second-order valence-electron chi connectivity index (χ2n) is 5.51. The van der Waals surface area contributed by atoms with E-state index in [2.05, 4.69) is 22.0 Å². The maximum absolute atomic E-state index is 12.4. The van der Waals surface area contributed by atoms with E-state index >= 15 is 0 Å². The Kier molecular flexibility index (Phi) is 4.74. The summed E-state index contributed by atoms with van der Waals surface area (Å²) in [5.41, 5.74) is 2.92. The van der Waals surface area contributed by atoms with Crippen molar-refractivity contribution in [3.8, 4) is 0 Å². The summed E-state index contributed by atoms with van der Waals surface area (Å²) in [4.78, 5) is 12.4. The van der Waals surface area contributed by atoms with Gasteiger partial charge < -0.3 is 15.0 Å². The summed E-state index contributed by atoms with van der Waals surface area (Å²) in [5.74, 6) is -0.0959. The van der Waals surface area contributed by atoms with Gasteiger partial charge in [-0.1, -0.05) is 48.5 Å². The van der Waals surface area contributed by atoms with Crippen LogP contribution in [-0.4, -0.2) is 28.7 Å². The van der Waals surface area contributed by atoms with E-state index in [0.717, 1.165) is 17.4 Å². The molecule has 4 heteroatoms. The fraction of sp³-hybridized carbons (Fsp3) is 0.211. The summed E-state index contributed by atoms with van der Waals surface area (Å²) >= 11 is 0. The number of aliphatic hydroxyl groups excluding tert-OH is 1. The summed E-state index contributed by atoms with van der Waals surface area (Å²) in [7, 11) is 0. The fourth-order valence-electron chi connectivity index (χ4n) is 2.71. The molecule has 3 rings (SSSR count). The summed E-state index contributed by atoms with van der Waals surface area (Å²) in [6, 6.07) is 18.1. The Bertz CT molecular complexity index is 793. The van der Waals surface area contributed by atoms with Gasteiger partial charge in [-0.25, -0.2) is 0 Å². The minimum absolute atomic E-state index is 0.0794. The van der Waals surface area contributed by atoms with E-state index in [-0.39, 0.29) is 12.5 Å². The second kappa shape index (κ2) is 7.11. The van der Waals surface area contributed by atoms with Gasteiger partial charge in [-0.2, -0.15) is 0 Å². The molecule has 1 heterocycles. The largest absolute Gasteiger partial charge is 0.396 e. The molecule has 118 valence electrons. The average Bonchev–Trinajstić information content (AvgIpc) is 2.95. The molecule has 4 nitrogen and oxygen atoms in total. The van der Waals surface area contributed by atoms with Gasteiger partial charge in [0.1, 0.15) is 0 Å². The quantitative estimate of drug-likeness (QED) is 0.688. The Balaban J connectivity index is 1.92. The molecule has 0 fully saturated rings. The summed E-state index contributed by atoms with van der Waals surface area (Å²) < 4.78 is 2.10. The normalized spacial score (nSPS) is 10.8. The first-order valence-electron chi connectivity index (χ1n) is 7.80. The number of hydrogen-bond donors (Lipinski definition) is 2. The Hall–Kier alpha value is -2.59. The number of rotatable bonds is 6. The van der Waals surface area contributed by atoms with E-state index in [9.17, 15) is 4.79 Å². The van der Waals surface area contributed by atoms with Gasteiger partial charge in [0.15, 0.2) is 0 Å². The molecule has 2 N–H and O–H groups in total. The first kappa shape index (κ1) is 15.3. The lowest BCUT2D eigenvalue weighted by atomic mass is 10.1. The minimum Gasteiger partial charge on any atom is -0.396 e. The molecule has 0 unspecified atom stereocenters. The predicted molar refractivity (Wildman–Crippen MR) is 91.5 cm³/mol. The Morgan fingerprint density at radius 1 is 1.04 bits per heavy atom. The van der Waals surface area contributed by atoms with Crippen molar-refractivity contribution in [2.75, 3.05) is 13.2 Å². The molecule has 0 saturated heterocycles. The summed E-state index contributed by atoms with van der Waals surface area (Å²) in [6.07, 6.45) is 2.47. The number of hydrogen-bond acceptors (Lipinski definition) is 2. The third-order valence-corrected chi connectivity index (χ3v) is 3.85. The van der Waals surface area contributed by atoms with Gasteiger partial charge in [-0.05, 0) is 18.1 Å². The van der Waals surface area contributed by atoms with E-state index in [4.69, 9.17) is 5.11 Å². The average molecular weight is 308 g/mol. The maximum atomic E-state index is 12.4. The van der Waals surface area contributed by atoms with Crippen molar-refractivity contribution >= 4 is 16.8 Å². The third kappa shape index (κ3) is 3.43. The van der Waals surface area contributed by atoms with Gasteiger partial charge in [0, 0.05) is 36.8 Å². The van der Waals surface area contributed by atoms with Gasteiger partial charge in [0.25, 0.3) is 5.91 Å². The van der Waals surface area contributed by atoms with Crippen LogP contribution in [-0.2, 0) is 6.54 Å². The van der Waals surface area contributed by atoms with E-state index in [0.29, 0.717) is 18.5 Å². The zero-order valence-corrected chi connectivity index (χ0v) is 12.9. The van der Waals surface area contributed by atoms with Crippen LogP contribution in [0.4, 0.5) is 0 Å². The third-order valence-electron chi connectivity index (χ3n) is 3.85. The predicted octanol–water partition coefficient (Wildman–Crippen LogP) is 2.80. The van der Waals surface area contributed by atoms with Crippen LogP contribution in [0, 0.1) is 0 Å². The van der Waals surface area contributed by atoms with Crippen LogP contribution in [0.2, 0.25) is 0 Å². The van der Waals surface area contributed by atoms with E-state index in [1.54, 1.807) is 0 Å². The highest BCUT2D eigenvalue weighted by Crippen LogP contribution is 2.22. The van der Waals surface area contributed by atoms with Crippen LogP contribution in [0.3, 0.4) is 0 Å². The topological polar surface area (TPSA) is 54.3 Å². The molecule has 1 aromatic heterocycles. The van der Waals surface area contributed by atoms with Crippen LogP contribution in [0.5, 0.6) is 0 Å². The number of benzene rings is 2. The molecule has 0 radical (unpaired) electrons. The fourth-order valence-corrected chi connectivity index (χ4v) is 2.71. The zero-order chi connectivity index (χ0) is 16.1. The van der Waals surface area contributed by atoms with E-state index < -0.39 is 0 Å². The minimum atomic E-state index is -0.0959. The Morgan fingerprint density at radius 2 is 1.78 bits per heavy atom. The van der Waals surface area contributed by atoms with Crippen molar-refractivity contribution in [1.29, 1.82) is 0 Å². The Morgan fingerprint density at radius 3 is 2.57 bits per heavy atom. The molecule has 0 spiro atoms. The molecule has 3 aromatic rings. The number of fused-ring (bicyclic) bond motifs is 1. The van der Waals surface area contributed by atoms with Crippen molar-refractivity contribution < 1.29 is 9.90 Å². The maximum Gasteiger partial charge on any atom is 0.253 e. The first-order chi connectivity index (χ1) is 11.3. The van der Waals surface area contributed by atoms with Gasteiger partial charge in [-0.3, -0.25) is 4.79 Å². The number of aliphatic hydroxyl groups is 1. The molecule has 1 amide bonds. The van der Waals surface area contributed by atoms with Crippen molar-refractivity contribution in [1.82, 2.24) is 9.88 Å². The van der Waals surface area contributed by atoms with Gasteiger partial charge in [0.2, 0.25) is 0 Å². The molecule has 0 bridgehead atoms. The summed E-state index contributed by atoms with van der Waals surface area (Å²) in [5, 5.41) is 12.6. The van der Waals surface area contributed by atoms with E-state index in [1.165, 1.54) is 5.56 Å². The number of aromatic nitrogens is 1. The van der Waals surface area contributed by atoms with Crippen LogP contribution in [0.25, 0.3) is 10.9 Å². The molecule has 0 aliphatic carbocycles. The van der Waals surface area contributed by atoms with Crippen molar-refractivity contribution in [3.05, 3.63) is 71.9 Å². The highest BCUT2D eigenvalue weighted by atomic mass is 16.3. The lowest BCUT2D eigenvalue weighted by molar-refractivity contribution is 0.0952. The number of nitrogens with one attached hydrogen (secondary N) is 1. The number of carbonyl (C=O) groups excluding carboxylic acids is 1. The highest BCUT2D eigenvalue weighted by Gasteiger charge is 2.14. The molecule has 0 aliphatic rings. The molecule has 23 heavy (non-hydrogen) atoms. The van der Waals surface area contributed by atoms with Crippen molar-refractivity contribution in [2.45, 2.75) is 13.0 Å². The molecule has 0 aliphatic heterocycles. The van der Waals surface area contributed by atoms with Crippen LogP contribution in [0.1, 0.15) is 22.3 Å². The Labute approximate surface area is 135 Å². The molecule has 2 aromatic carbocycles. The second-order valence-corrected chi connectivity index (χ2v) is 5.51. The van der Waals surface area contributed by atoms with E-state index in [1.807, 2.05) is 48.7 Å². The molecular formula is C19H20N2O2. The van der Waals surface area contributed by atoms with Crippen molar-refractivity contribution in [2.24, 2.45) is 0 Å². The number of amides is 1. The van der Waals surface area contributed by atoms with Gasteiger partial charge in [0.05, 0.1) is 5.56 Å². The number of nitrogens with zero attached hydrogens (tertiary/aromatic N) is 1. The highest BCUT2D eigenvalue weighted by molar-refractivity contribution is 6.07. The standard InChI is InChI=1S/C19H20N2O2/c22-12-6-11-20-19(23)17-14-21(13-15-7-2-1-3-8-15)18-10-5-4-9-16(17)18/h1-5,7-10,14,22H,6,11-13H2,(H,20,23). The van der Waals surface area contributed by atoms with Crippen LogP contribution in [0.15, 0.2) is 60.8 Å². The zero-order valence-electron chi connectivity index (χ0n) is 12.9. The molecule has 0 saturated carbocycles. The monoisotopic (exact) mass is 308 g/mol. The SMILES string of the molecule is O=C(NCCCO)c1cn(Cc2ccccc2)c2ccccc12. The number of carbonyl (C=O) groups is 1. The smallest absolute Gasteiger partial charge is 0.253 e. The van der Waals surface area contributed by atoms with Crippen LogP contribution < -0.4 is 5.32 Å². The van der Waals surface area contributed by atoms with Crippen molar-refractivity contribution in [3.63, 3.8) is 0 Å². The molecule has 0 atom stereocenters. The lowest BCUT2D eigenvalue weighted by Crippen LogP contribution is -2.24. The van der Waals surface area contributed by atoms with Gasteiger partial charge >= 0.3 is 0 Å². The molecular weight excluding hydrogens is 288 g/mol. The lowest BCUT2D eigenvalue weighted by Gasteiger charge is -2.05. The van der Waals surface area contributed by atoms with Gasteiger partial charge in [-0.15, -0.1) is 0 Å². The first-order valence-corrected chi connectivity index (χ1v) is 7.80. The van der Waals surface area contributed by atoms with Crippen LogP contribution >= 0.6 is 0 Å². The summed E-state index contributed by atoms with van der Waals surface area (Å²) in [6.45, 7) is 1.29.